The van der Waals surface area contributed by atoms with Gasteiger partial charge in [0.25, 0.3) is 0 Å². The van der Waals surface area contributed by atoms with Gasteiger partial charge in [-0.3, -0.25) is 9.59 Å². The Kier molecular flexibility index (Phi) is 6.03. The SMILES string of the molecule is CC(CNC(=O)CC1CC(C)CC(C)(C)C1)CC(=O)O. The highest BCUT2D eigenvalue weighted by atomic mass is 16.4. The van der Waals surface area contributed by atoms with Crippen LogP contribution in [0.1, 0.15) is 59.8 Å². The van der Waals surface area contributed by atoms with Gasteiger partial charge >= 0.3 is 5.97 Å². The molecule has 1 rings (SSSR count). The summed E-state index contributed by atoms with van der Waals surface area (Å²) in [5.74, 6) is 0.385. The summed E-state index contributed by atoms with van der Waals surface area (Å²) in [6, 6.07) is 0. The van der Waals surface area contributed by atoms with E-state index in [-0.39, 0.29) is 18.2 Å². The van der Waals surface area contributed by atoms with Crippen molar-refractivity contribution in [2.75, 3.05) is 6.54 Å². The molecule has 116 valence electrons. The van der Waals surface area contributed by atoms with Gasteiger partial charge in [-0.1, -0.05) is 27.7 Å². The fourth-order valence-electron chi connectivity index (χ4n) is 3.69. The Labute approximate surface area is 122 Å². The Morgan fingerprint density at radius 2 is 2.00 bits per heavy atom. The van der Waals surface area contributed by atoms with Crippen LogP contribution in [-0.2, 0) is 9.59 Å². The third-order valence-electron chi connectivity index (χ3n) is 4.12. The molecule has 1 saturated carbocycles. The average Bonchev–Trinajstić information content (AvgIpc) is 2.22. The highest BCUT2D eigenvalue weighted by Crippen LogP contribution is 2.42. The predicted molar refractivity (Wildman–Crippen MR) is 79.3 cm³/mol. The summed E-state index contributed by atoms with van der Waals surface area (Å²) in [5, 5.41) is 11.6. The lowest BCUT2D eigenvalue weighted by atomic mass is 9.67. The Hall–Kier alpha value is -1.06. The first-order valence-corrected chi connectivity index (χ1v) is 7.66. The van der Waals surface area contributed by atoms with Gasteiger partial charge in [-0.05, 0) is 42.4 Å². The van der Waals surface area contributed by atoms with Gasteiger partial charge in [0.1, 0.15) is 0 Å². The number of carboxylic acid groups (broad SMARTS) is 1. The molecule has 4 nitrogen and oxygen atoms in total. The van der Waals surface area contributed by atoms with Gasteiger partial charge in [0, 0.05) is 19.4 Å². The smallest absolute Gasteiger partial charge is 0.303 e. The summed E-state index contributed by atoms with van der Waals surface area (Å²) in [5.41, 5.74) is 0.333. The van der Waals surface area contributed by atoms with Crippen LogP contribution in [0, 0.1) is 23.2 Å². The minimum atomic E-state index is -0.811. The zero-order chi connectivity index (χ0) is 15.3. The number of nitrogens with one attached hydrogen (secondary N) is 1. The van der Waals surface area contributed by atoms with Gasteiger partial charge in [-0.15, -0.1) is 0 Å². The van der Waals surface area contributed by atoms with Gasteiger partial charge in [0.2, 0.25) is 5.91 Å². The summed E-state index contributed by atoms with van der Waals surface area (Å²) in [6.45, 7) is 9.13. The van der Waals surface area contributed by atoms with Crippen molar-refractivity contribution in [3.05, 3.63) is 0 Å². The molecule has 1 aliphatic carbocycles. The number of aliphatic carboxylic acids is 1. The summed E-state index contributed by atoms with van der Waals surface area (Å²) >= 11 is 0. The van der Waals surface area contributed by atoms with Gasteiger partial charge < -0.3 is 10.4 Å². The first-order valence-electron chi connectivity index (χ1n) is 7.66. The minimum absolute atomic E-state index is 0.0156. The number of hydrogen-bond donors (Lipinski definition) is 2. The van der Waals surface area contributed by atoms with Crippen LogP contribution in [0.2, 0.25) is 0 Å². The molecule has 0 heterocycles. The lowest BCUT2D eigenvalue weighted by molar-refractivity contribution is -0.138. The Morgan fingerprint density at radius 1 is 1.35 bits per heavy atom. The van der Waals surface area contributed by atoms with E-state index in [1.807, 2.05) is 6.92 Å². The van der Waals surface area contributed by atoms with Crippen LogP contribution in [0.3, 0.4) is 0 Å². The molecule has 1 fully saturated rings. The molecule has 0 radical (unpaired) electrons. The van der Waals surface area contributed by atoms with E-state index in [4.69, 9.17) is 5.11 Å². The summed E-state index contributed by atoms with van der Waals surface area (Å²) in [7, 11) is 0. The molecule has 20 heavy (non-hydrogen) atoms. The summed E-state index contributed by atoms with van der Waals surface area (Å²) < 4.78 is 0. The van der Waals surface area contributed by atoms with E-state index in [2.05, 4.69) is 26.1 Å². The molecule has 0 aliphatic heterocycles. The third kappa shape index (κ3) is 6.40. The van der Waals surface area contributed by atoms with E-state index in [1.165, 1.54) is 6.42 Å². The zero-order valence-electron chi connectivity index (χ0n) is 13.2. The van der Waals surface area contributed by atoms with Crippen LogP contribution in [0.5, 0.6) is 0 Å². The predicted octanol–water partition coefficient (Wildman–Crippen LogP) is 3.07. The van der Waals surface area contributed by atoms with E-state index in [0.29, 0.717) is 30.2 Å². The Bertz CT molecular complexity index is 352. The number of rotatable bonds is 6. The maximum atomic E-state index is 12.0. The molecular formula is C16H29NO3. The fourth-order valence-corrected chi connectivity index (χ4v) is 3.69. The summed E-state index contributed by atoms with van der Waals surface area (Å²) in [4.78, 5) is 22.5. The van der Waals surface area contributed by atoms with Crippen LogP contribution >= 0.6 is 0 Å². The van der Waals surface area contributed by atoms with Crippen molar-refractivity contribution in [3.8, 4) is 0 Å². The van der Waals surface area contributed by atoms with Crippen molar-refractivity contribution in [1.82, 2.24) is 5.32 Å². The molecule has 0 aromatic carbocycles. The quantitative estimate of drug-likeness (QED) is 0.787. The molecule has 1 aliphatic rings. The first kappa shape index (κ1) is 17.0. The van der Waals surface area contributed by atoms with Crippen molar-refractivity contribution in [2.45, 2.75) is 59.8 Å². The molecule has 0 aromatic rings. The normalized spacial score (nSPS) is 26.8. The van der Waals surface area contributed by atoms with Crippen LogP contribution < -0.4 is 5.32 Å². The number of carbonyl (C=O) groups excluding carboxylic acids is 1. The Morgan fingerprint density at radius 3 is 2.55 bits per heavy atom. The molecule has 3 unspecified atom stereocenters. The molecule has 3 atom stereocenters. The second kappa shape index (κ2) is 7.09. The monoisotopic (exact) mass is 283 g/mol. The Balaban J connectivity index is 2.33. The van der Waals surface area contributed by atoms with Crippen molar-refractivity contribution < 1.29 is 14.7 Å². The summed E-state index contributed by atoms with van der Waals surface area (Å²) in [6.07, 6.45) is 4.15. The van der Waals surface area contributed by atoms with Crippen LogP contribution in [-0.4, -0.2) is 23.5 Å². The van der Waals surface area contributed by atoms with Crippen LogP contribution in [0.15, 0.2) is 0 Å². The zero-order valence-corrected chi connectivity index (χ0v) is 13.2. The van der Waals surface area contributed by atoms with Crippen molar-refractivity contribution >= 4 is 11.9 Å². The van der Waals surface area contributed by atoms with E-state index in [0.717, 1.165) is 12.8 Å². The van der Waals surface area contributed by atoms with E-state index in [1.54, 1.807) is 0 Å². The molecule has 0 aromatic heterocycles. The van der Waals surface area contributed by atoms with E-state index < -0.39 is 5.97 Å². The first-order chi connectivity index (χ1) is 9.18. The number of carbonyl (C=O) groups is 2. The number of amides is 1. The highest BCUT2D eigenvalue weighted by molar-refractivity contribution is 5.76. The molecule has 0 spiro atoms. The molecule has 2 N–H and O–H groups in total. The topological polar surface area (TPSA) is 66.4 Å². The van der Waals surface area contributed by atoms with Crippen LogP contribution in [0.4, 0.5) is 0 Å². The van der Waals surface area contributed by atoms with E-state index >= 15 is 0 Å². The van der Waals surface area contributed by atoms with Crippen molar-refractivity contribution in [3.63, 3.8) is 0 Å². The molecule has 1 amide bonds. The fraction of sp³-hybridized carbons (Fsp3) is 0.875. The third-order valence-corrected chi connectivity index (χ3v) is 4.12. The molecule has 4 heteroatoms. The lowest BCUT2D eigenvalue weighted by Crippen LogP contribution is -2.34. The lowest BCUT2D eigenvalue weighted by Gasteiger charge is -2.38. The molecule has 0 saturated heterocycles. The minimum Gasteiger partial charge on any atom is -0.481 e. The van der Waals surface area contributed by atoms with Gasteiger partial charge in [-0.2, -0.15) is 0 Å². The second-order valence-corrected chi connectivity index (χ2v) is 7.49. The average molecular weight is 283 g/mol. The van der Waals surface area contributed by atoms with Gasteiger partial charge in [0.05, 0.1) is 0 Å². The van der Waals surface area contributed by atoms with Crippen molar-refractivity contribution in [2.24, 2.45) is 23.2 Å². The molecule has 0 bridgehead atoms. The largest absolute Gasteiger partial charge is 0.481 e. The van der Waals surface area contributed by atoms with Gasteiger partial charge in [-0.25, -0.2) is 0 Å². The van der Waals surface area contributed by atoms with Gasteiger partial charge in [0.15, 0.2) is 0 Å². The number of hydrogen-bond acceptors (Lipinski definition) is 2. The maximum Gasteiger partial charge on any atom is 0.303 e. The maximum absolute atomic E-state index is 12.0. The van der Waals surface area contributed by atoms with E-state index in [9.17, 15) is 9.59 Å². The number of carboxylic acids is 1. The highest BCUT2D eigenvalue weighted by Gasteiger charge is 2.32. The second-order valence-electron chi connectivity index (χ2n) is 7.49. The van der Waals surface area contributed by atoms with Crippen LogP contribution in [0.25, 0.3) is 0 Å². The standard InChI is InChI=1S/C16H29NO3/c1-11-5-13(9-16(3,4)8-11)7-14(18)17-10-12(2)6-15(19)20/h11-13H,5-10H2,1-4H3,(H,17,18)(H,19,20). The molecular weight excluding hydrogens is 254 g/mol. The van der Waals surface area contributed by atoms with Crippen molar-refractivity contribution in [1.29, 1.82) is 0 Å².